The van der Waals surface area contributed by atoms with E-state index in [-0.39, 0.29) is 0 Å². The van der Waals surface area contributed by atoms with Gasteiger partial charge in [0.05, 0.1) is 5.52 Å². The predicted octanol–water partition coefficient (Wildman–Crippen LogP) is 4.15. The smallest absolute Gasteiger partial charge is 0.128 e. The van der Waals surface area contributed by atoms with Gasteiger partial charge in [-0.15, -0.1) is 0 Å². The second kappa shape index (κ2) is 6.48. The number of anilines is 2. The lowest BCUT2D eigenvalue weighted by Crippen LogP contribution is -2.18. The number of nitrogens with one attached hydrogen (secondary N) is 1. The molecular formula is C20H22N4. The monoisotopic (exact) mass is 318 g/mol. The lowest BCUT2D eigenvalue weighted by molar-refractivity contribution is 0.932. The van der Waals surface area contributed by atoms with E-state index in [1.165, 1.54) is 29.4 Å². The van der Waals surface area contributed by atoms with Gasteiger partial charge >= 0.3 is 0 Å². The molecule has 0 radical (unpaired) electrons. The first kappa shape index (κ1) is 14.9. The number of pyridine rings is 2. The van der Waals surface area contributed by atoms with Crippen molar-refractivity contribution in [1.82, 2.24) is 9.97 Å². The number of aromatic nitrogens is 2. The van der Waals surface area contributed by atoms with Crippen LogP contribution in [0.25, 0.3) is 10.9 Å². The van der Waals surface area contributed by atoms with Crippen molar-refractivity contribution in [2.45, 2.75) is 26.3 Å². The van der Waals surface area contributed by atoms with Crippen LogP contribution in [-0.4, -0.2) is 23.1 Å². The molecule has 24 heavy (non-hydrogen) atoms. The normalized spacial score (nSPS) is 14.3. The number of hydrogen-bond donors (Lipinski definition) is 1. The summed E-state index contributed by atoms with van der Waals surface area (Å²) in [5.74, 6) is 1.10. The maximum Gasteiger partial charge on any atom is 0.128 e. The molecule has 2 aromatic heterocycles. The van der Waals surface area contributed by atoms with E-state index in [9.17, 15) is 0 Å². The summed E-state index contributed by atoms with van der Waals surface area (Å²) in [6.45, 7) is 5.14. The highest BCUT2D eigenvalue weighted by molar-refractivity contribution is 5.91. The second-order valence-corrected chi connectivity index (χ2v) is 6.45. The number of benzene rings is 1. The molecule has 0 unspecified atom stereocenters. The first-order valence-corrected chi connectivity index (χ1v) is 8.59. The molecule has 1 saturated heterocycles. The summed E-state index contributed by atoms with van der Waals surface area (Å²) in [7, 11) is 0. The van der Waals surface area contributed by atoms with E-state index >= 15 is 0 Å². The van der Waals surface area contributed by atoms with Crippen molar-refractivity contribution >= 4 is 22.4 Å². The molecule has 1 N–H and O–H groups in total. The molecule has 3 heterocycles. The second-order valence-electron chi connectivity index (χ2n) is 6.45. The molecule has 4 rings (SSSR count). The molecule has 0 aliphatic carbocycles. The summed E-state index contributed by atoms with van der Waals surface area (Å²) in [5, 5.41) is 4.69. The van der Waals surface area contributed by atoms with Gasteiger partial charge in [0.2, 0.25) is 0 Å². The lowest BCUT2D eigenvalue weighted by atomic mass is 10.1. The van der Waals surface area contributed by atoms with E-state index in [0.717, 1.165) is 36.7 Å². The van der Waals surface area contributed by atoms with Crippen molar-refractivity contribution in [3.05, 3.63) is 59.9 Å². The first-order valence-electron chi connectivity index (χ1n) is 8.59. The first-order chi connectivity index (χ1) is 11.8. The molecule has 0 saturated carbocycles. The van der Waals surface area contributed by atoms with Crippen LogP contribution in [0, 0.1) is 6.92 Å². The van der Waals surface area contributed by atoms with Gasteiger partial charge in [-0.1, -0.05) is 17.7 Å². The zero-order valence-electron chi connectivity index (χ0n) is 14.0. The van der Waals surface area contributed by atoms with Gasteiger partial charge in [-0.2, -0.15) is 0 Å². The van der Waals surface area contributed by atoms with Crippen LogP contribution in [0.1, 0.15) is 24.0 Å². The van der Waals surface area contributed by atoms with E-state index in [1.807, 2.05) is 18.5 Å². The largest absolute Gasteiger partial charge is 0.380 e. The quantitative estimate of drug-likeness (QED) is 0.784. The van der Waals surface area contributed by atoms with Crippen LogP contribution in [0.4, 0.5) is 11.5 Å². The zero-order chi connectivity index (χ0) is 16.4. The van der Waals surface area contributed by atoms with E-state index in [1.54, 1.807) is 0 Å². The van der Waals surface area contributed by atoms with Crippen LogP contribution in [0.2, 0.25) is 0 Å². The minimum atomic E-state index is 0.764. The average molecular weight is 318 g/mol. The Morgan fingerprint density at radius 1 is 1.04 bits per heavy atom. The minimum absolute atomic E-state index is 0.764. The van der Waals surface area contributed by atoms with Crippen molar-refractivity contribution in [2.75, 3.05) is 23.3 Å². The van der Waals surface area contributed by atoms with Crippen LogP contribution in [0.5, 0.6) is 0 Å². The lowest BCUT2D eigenvalue weighted by Gasteiger charge is -2.16. The van der Waals surface area contributed by atoms with E-state index in [0.29, 0.717) is 0 Å². The Balaban J connectivity index is 1.49. The molecule has 3 aromatic rings. The fourth-order valence-corrected chi connectivity index (χ4v) is 3.27. The Kier molecular flexibility index (Phi) is 4.03. The maximum atomic E-state index is 4.62. The Hall–Kier alpha value is -2.62. The summed E-state index contributed by atoms with van der Waals surface area (Å²) >= 11 is 0. The summed E-state index contributed by atoms with van der Waals surface area (Å²) in [4.78, 5) is 11.4. The predicted molar refractivity (Wildman–Crippen MR) is 99.5 cm³/mol. The SMILES string of the molecule is Cc1ccc2nccc(NCc3ccc(N4CCCC4)nc3)c2c1. The molecule has 122 valence electrons. The highest BCUT2D eigenvalue weighted by Crippen LogP contribution is 2.23. The Morgan fingerprint density at radius 2 is 1.92 bits per heavy atom. The Labute approximate surface area is 142 Å². The third-order valence-electron chi connectivity index (χ3n) is 4.62. The third kappa shape index (κ3) is 3.04. The van der Waals surface area contributed by atoms with E-state index < -0.39 is 0 Å². The Bertz CT molecular complexity index is 836. The van der Waals surface area contributed by atoms with Gasteiger partial charge in [0.15, 0.2) is 0 Å². The molecule has 1 aliphatic rings. The molecule has 4 nitrogen and oxygen atoms in total. The molecule has 1 fully saturated rings. The van der Waals surface area contributed by atoms with Crippen molar-refractivity contribution in [3.63, 3.8) is 0 Å². The van der Waals surface area contributed by atoms with Gasteiger partial charge in [0.1, 0.15) is 5.82 Å². The Morgan fingerprint density at radius 3 is 2.71 bits per heavy atom. The zero-order valence-corrected chi connectivity index (χ0v) is 14.0. The molecule has 1 aliphatic heterocycles. The van der Waals surface area contributed by atoms with Crippen LogP contribution in [-0.2, 0) is 6.54 Å². The standard InChI is InChI=1S/C20H22N4/c1-15-4-6-18-17(12-15)19(8-9-21-18)22-13-16-5-7-20(23-14-16)24-10-2-3-11-24/h4-9,12,14H,2-3,10-11,13H2,1H3,(H,21,22). The molecule has 0 spiro atoms. The molecule has 0 amide bonds. The van der Waals surface area contributed by atoms with Crippen molar-refractivity contribution in [3.8, 4) is 0 Å². The van der Waals surface area contributed by atoms with Crippen molar-refractivity contribution in [2.24, 2.45) is 0 Å². The van der Waals surface area contributed by atoms with Crippen LogP contribution in [0.3, 0.4) is 0 Å². The van der Waals surface area contributed by atoms with Crippen LogP contribution in [0.15, 0.2) is 48.8 Å². The van der Waals surface area contributed by atoms with Gasteiger partial charge in [-0.25, -0.2) is 4.98 Å². The van der Waals surface area contributed by atoms with E-state index in [2.05, 4.69) is 57.4 Å². The fourth-order valence-electron chi connectivity index (χ4n) is 3.27. The van der Waals surface area contributed by atoms with Crippen molar-refractivity contribution < 1.29 is 0 Å². The van der Waals surface area contributed by atoms with Gasteiger partial charge < -0.3 is 10.2 Å². The molecule has 0 bridgehead atoms. The highest BCUT2D eigenvalue weighted by Gasteiger charge is 2.12. The summed E-state index contributed by atoms with van der Waals surface area (Å²) in [6.07, 6.45) is 6.39. The number of fused-ring (bicyclic) bond motifs is 1. The summed E-state index contributed by atoms with van der Waals surface area (Å²) in [6, 6.07) is 12.7. The molecule has 4 heteroatoms. The van der Waals surface area contributed by atoms with Crippen LogP contribution >= 0.6 is 0 Å². The highest BCUT2D eigenvalue weighted by atomic mass is 15.2. The summed E-state index contributed by atoms with van der Waals surface area (Å²) < 4.78 is 0. The number of rotatable bonds is 4. The van der Waals surface area contributed by atoms with E-state index in [4.69, 9.17) is 0 Å². The molecule has 1 aromatic carbocycles. The minimum Gasteiger partial charge on any atom is -0.380 e. The van der Waals surface area contributed by atoms with Gasteiger partial charge in [0.25, 0.3) is 0 Å². The topological polar surface area (TPSA) is 41.1 Å². The van der Waals surface area contributed by atoms with Gasteiger partial charge in [-0.3, -0.25) is 4.98 Å². The maximum absolute atomic E-state index is 4.62. The van der Waals surface area contributed by atoms with Crippen LogP contribution < -0.4 is 10.2 Å². The number of aryl methyl sites for hydroxylation is 1. The fraction of sp³-hybridized carbons (Fsp3) is 0.300. The summed E-state index contributed by atoms with van der Waals surface area (Å²) in [5.41, 5.74) is 4.58. The number of hydrogen-bond acceptors (Lipinski definition) is 4. The molecular weight excluding hydrogens is 296 g/mol. The van der Waals surface area contributed by atoms with Gasteiger partial charge in [-0.05, 0) is 49.6 Å². The molecule has 0 atom stereocenters. The number of nitrogens with zero attached hydrogens (tertiary/aromatic N) is 3. The van der Waals surface area contributed by atoms with Gasteiger partial charge in [0, 0.05) is 43.1 Å². The van der Waals surface area contributed by atoms with Crippen molar-refractivity contribution in [1.29, 1.82) is 0 Å². The third-order valence-corrected chi connectivity index (χ3v) is 4.62. The average Bonchev–Trinajstić information content (AvgIpc) is 3.15.